The largest absolute Gasteiger partial charge is 0.478 e. The Kier molecular flexibility index (Phi) is 5.09. The molecule has 0 atom stereocenters. The van der Waals surface area contributed by atoms with E-state index < -0.39 is 17.3 Å². The zero-order valence-electron chi connectivity index (χ0n) is 16.2. The van der Waals surface area contributed by atoms with Crippen LogP contribution in [-0.2, 0) is 11.8 Å². The first-order valence-corrected chi connectivity index (χ1v) is 8.81. The van der Waals surface area contributed by atoms with Gasteiger partial charge in [0.15, 0.2) is 5.60 Å². The fraction of sp³-hybridized carbons (Fsp3) is 0.238. The van der Waals surface area contributed by atoms with Gasteiger partial charge in [0.2, 0.25) is 0 Å². The molecule has 2 aromatic carbocycles. The van der Waals surface area contributed by atoms with Gasteiger partial charge in [-0.2, -0.15) is 0 Å². The van der Waals surface area contributed by atoms with E-state index in [1.165, 1.54) is 28.9 Å². The minimum Gasteiger partial charge on any atom is -0.478 e. The molecule has 28 heavy (non-hydrogen) atoms. The summed E-state index contributed by atoms with van der Waals surface area (Å²) in [6, 6.07) is 14.6. The van der Waals surface area contributed by atoms with Gasteiger partial charge in [-0.1, -0.05) is 18.2 Å². The van der Waals surface area contributed by atoms with Gasteiger partial charge in [0.1, 0.15) is 17.3 Å². The number of hydrogen-bond donors (Lipinski definition) is 1. The number of rotatable bonds is 5. The molecule has 0 bridgehead atoms. The summed E-state index contributed by atoms with van der Waals surface area (Å²) in [5, 5.41) is 2.69. The SMILES string of the molecule is Cc1c(NC(=O)C(C)(C)Oc2ccc(F)cc2)c(=O)n(-c2ccccc2)n1C. The summed E-state index contributed by atoms with van der Waals surface area (Å²) in [6.45, 7) is 4.92. The first kappa shape index (κ1) is 19.4. The third-order valence-corrected chi connectivity index (χ3v) is 4.53. The Labute approximate surface area is 162 Å². The predicted octanol–water partition coefficient (Wildman–Crippen LogP) is 3.42. The number of nitrogens with zero attached hydrogens (tertiary/aromatic N) is 2. The monoisotopic (exact) mass is 383 g/mol. The normalized spacial score (nSPS) is 11.3. The molecule has 1 aromatic heterocycles. The molecular weight excluding hydrogens is 361 g/mol. The van der Waals surface area contributed by atoms with Crippen LogP contribution in [0.4, 0.5) is 10.1 Å². The van der Waals surface area contributed by atoms with E-state index in [2.05, 4.69) is 5.32 Å². The Bertz CT molecular complexity index is 1050. The molecule has 0 aliphatic heterocycles. The Morgan fingerprint density at radius 1 is 1.07 bits per heavy atom. The van der Waals surface area contributed by atoms with E-state index in [-0.39, 0.29) is 11.2 Å². The number of nitrogens with one attached hydrogen (secondary N) is 1. The molecule has 0 aliphatic carbocycles. The van der Waals surface area contributed by atoms with Crippen LogP contribution < -0.4 is 15.6 Å². The Morgan fingerprint density at radius 2 is 1.68 bits per heavy atom. The second kappa shape index (κ2) is 7.34. The van der Waals surface area contributed by atoms with Gasteiger partial charge in [-0.15, -0.1) is 0 Å². The number of anilines is 1. The highest BCUT2D eigenvalue weighted by Crippen LogP contribution is 2.21. The van der Waals surface area contributed by atoms with E-state index in [4.69, 9.17) is 4.74 Å². The van der Waals surface area contributed by atoms with E-state index in [1.807, 2.05) is 30.3 Å². The van der Waals surface area contributed by atoms with Gasteiger partial charge < -0.3 is 10.1 Å². The van der Waals surface area contributed by atoms with Crippen molar-refractivity contribution in [2.24, 2.45) is 7.05 Å². The van der Waals surface area contributed by atoms with Crippen molar-refractivity contribution in [2.45, 2.75) is 26.4 Å². The number of halogens is 1. The Hall–Kier alpha value is -3.35. The maximum Gasteiger partial charge on any atom is 0.295 e. The molecular formula is C21H22FN3O3. The van der Waals surface area contributed by atoms with Crippen LogP contribution in [0.3, 0.4) is 0 Å². The van der Waals surface area contributed by atoms with Crippen LogP contribution in [-0.4, -0.2) is 20.9 Å². The highest BCUT2D eigenvalue weighted by Gasteiger charge is 2.32. The molecule has 0 saturated carbocycles. The molecule has 7 heteroatoms. The van der Waals surface area contributed by atoms with Gasteiger partial charge in [-0.25, -0.2) is 9.07 Å². The van der Waals surface area contributed by atoms with Crippen LogP contribution in [0.1, 0.15) is 19.5 Å². The summed E-state index contributed by atoms with van der Waals surface area (Å²) < 4.78 is 21.9. The number of ether oxygens (including phenoxy) is 1. The lowest BCUT2D eigenvalue weighted by atomic mass is 10.1. The van der Waals surface area contributed by atoms with Gasteiger partial charge in [-0.3, -0.25) is 14.3 Å². The number of carbonyl (C=O) groups is 1. The Balaban J connectivity index is 1.88. The topological polar surface area (TPSA) is 65.3 Å². The van der Waals surface area contributed by atoms with E-state index >= 15 is 0 Å². The quantitative estimate of drug-likeness (QED) is 0.734. The smallest absolute Gasteiger partial charge is 0.295 e. The molecule has 1 N–H and O–H groups in total. The van der Waals surface area contributed by atoms with Crippen molar-refractivity contribution in [2.75, 3.05) is 5.32 Å². The summed E-state index contributed by atoms with van der Waals surface area (Å²) >= 11 is 0. The summed E-state index contributed by atoms with van der Waals surface area (Å²) in [5.41, 5.74) is -0.117. The molecule has 1 heterocycles. The van der Waals surface area contributed by atoms with Gasteiger partial charge in [0, 0.05) is 7.05 Å². The lowest BCUT2D eigenvalue weighted by Crippen LogP contribution is -2.43. The van der Waals surface area contributed by atoms with Crippen LogP contribution in [0.15, 0.2) is 59.4 Å². The number of amides is 1. The fourth-order valence-electron chi connectivity index (χ4n) is 2.82. The molecule has 0 saturated heterocycles. The third kappa shape index (κ3) is 3.69. The summed E-state index contributed by atoms with van der Waals surface area (Å²) in [6.07, 6.45) is 0. The average Bonchev–Trinajstić information content (AvgIpc) is 2.87. The summed E-state index contributed by atoms with van der Waals surface area (Å²) in [4.78, 5) is 25.7. The summed E-state index contributed by atoms with van der Waals surface area (Å²) in [5.74, 6) is -0.521. The van der Waals surface area contributed by atoms with Gasteiger partial charge in [0.05, 0.1) is 11.4 Å². The first-order chi connectivity index (χ1) is 13.2. The zero-order valence-corrected chi connectivity index (χ0v) is 16.2. The second-order valence-electron chi connectivity index (χ2n) is 6.96. The predicted molar refractivity (Wildman–Crippen MR) is 105 cm³/mol. The van der Waals surface area contributed by atoms with Crippen molar-refractivity contribution < 1.29 is 13.9 Å². The highest BCUT2D eigenvalue weighted by molar-refractivity contribution is 5.97. The molecule has 0 spiro atoms. The molecule has 0 aliphatic rings. The van der Waals surface area contributed by atoms with Gasteiger partial charge >= 0.3 is 0 Å². The van der Waals surface area contributed by atoms with Crippen LogP contribution in [0, 0.1) is 12.7 Å². The molecule has 0 unspecified atom stereocenters. The van der Waals surface area contributed by atoms with E-state index in [0.29, 0.717) is 17.1 Å². The first-order valence-electron chi connectivity index (χ1n) is 8.81. The number of hydrogen-bond acceptors (Lipinski definition) is 3. The number of para-hydroxylation sites is 1. The lowest BCUT2D eigenvalue weighted by Gasteiger charge is -2.25. The van der Waals surface area contributed by atoms with Crippen molar-refractivity contribution in [3.8, 4) is 11.4 Å². The van der Waals surface area contributed by atoms with Crippen molar-refractivity contribution in [3.05, 3.63) is 76.5 Å². The molecule has 3 aromatic rings. The molecule has 146 valence electrons. The fourth-order valence-corrected chi connectivity index (χ4v) is 2.82. The molecule has 3 rings (SSSR count). The van der Waals surface area contributed by atoms with Crippen molar-refractivity contribution in [1.29, 1.82) is 0 Å². The van der Waals surface area contributed by atoms with E-state index in [1.54, 1.807) is 32.5 Å². The number of benzene rings is 2. The zero-order chi connectivity index (χ0) is 20.5. The Morgan fingerprint density at radius 3 is 2.29 bits per heavy atom. The minimum absolute atomic E-state index is 0.187. The maximum absolute atomic E-state index is 13.1. The molecule has 6 nitrogen and oxygen atoms in total. The van der Waals surface area contributed by atoms with Gasteiger partial charge in [-0.05, 0) is 57.2 Å². The second-order valence-corrected chi connectivity index (χ2v) is 6.96. The van der Waals surface area contributed by atoms with Crippen molar-refractivity contribution >= 4 is 11.6 Å². The molecule has 1 amide bonds. The lowest BCUT2D eigenvalue weighted by molar-refractivity contribution is -0.128. The maximum atomic E-state index is 13.1. The average molecular weight is 383 g/mol. The van der Waals surface area contributed by atoms with Gasteiger partial charge in [0.25, 0.3) is 11.5 Å². The van der Waals surface area contributed by atoms with E-state index in [0.717, 1.165) is 0 Å². The molecule has 0 radical (unpaired) electrons. The van der Waals surface area contributed by atoms with Crippen LogP contribution in [0.25, 0.3) is 5.69 Å². The van der Waals surface area contributed by atoms with Crippen molar-refractivity contribution in [3.63, 3.8) is 0 Å². The molecule has 0 fully saturated rings. The van der Waals surface area contributed by atoms with E-state index in [9.17, 15) is 14.0 Å². The van der Waals surface area contributed by atoms with Crippen LogP contribution in [0.5, 0.6) is 5.75 Å². The third-order valence-electron chi connectivity index (χ3n) is 4.53. The van der Waals surface area contributed by atoms with Crippen molar-refractivity contribution in [1.82, 2.24) is 9.36 Å². The number of carbonyl (C=O) groups excluding carboxylic acids is 1. The van der Waals surface area contributed by atoms with Crippen LogP contribution >= 0.6 is 0 Å². The standard InChI is InChI=1S/C21H22FN3O3/c1-14-18(19(26)25(24(14)4)16-8-6-5-7-9-16)23-20(27)21(2,3)28-17-12-10-15(22)11-13-17/h5-13H,1-4H3,(H,23,27). The minimum atomic E-state index is -1.27. The highest BCUT2D eigenvalue weighted by atomic mass is 19.1. The summed E-state index contributed by atoms with van der Waals surface area (Å²) in [7, 11) is 1.75. The van der Waals surface area contributed by atoms with Crippen LogP contribution in [0.2, 0.25) is 0 Å². The number of aromatic nitrogens is 2.